The van der Waals surface area contributed by atoms with E-state index in [1.165, 1.54) is 12.4 Å². The van der Waals surface area contributed by atoms with Crippen molar-refractivity contribution >= 4 is 5.97 Å². The molecule has 0 aliphatic heterocycles. The van der Waals surface area contributed by atoms with Crippen molar-refractivity contribution in [3.63, 3.8) is 0 Å². The minimum atomic E-state index is -0.972. The van der Waals surface area contributed by atoms with Gasteiger partial charge in [0.15, 0.2) is 0 Å². The van der Waals surface area contributed by atoms with Crippen LogP contribution in [0.5, 0.6) is 0 Å². The molecule has 70 valence electrons. The second-order valence-electron chi connectivity index (χ2n) is 2.67. The number of aromatic amines is 1. The largest absolute Gasteiger partial charge is 0.478 e. The van der Waals surface area contributed by atoms with E-state index in [1.807, 2.05) is 0 Å². The molecule has 0 bridgehead atoms. The lowest BCUT2D eigenvalue weighted by atomic mass is 10.2. The summed E-state index contributed by atoms with van der Waals surface area (Å²) in [6.07, 6.45) is 4.51. The van der Waals surface area contributed by atoms with E-state index in [9.17, 15) is 4.79 Å². The molecule has 2 heterocycles. The molecular formula is C9H7N3O2. The summed E-state index contributed by atoms with van der Waals surface area (Å²) in [7, 11) is 0. The SMILES string of the molecule is O=C(O)c1cc[nH]c1-c1ccncn1. The molecule has 14 heavy (non-hydrogen) atoms. The lowest BCUT2D eigenvalue weighted by Crippen LogP contribution is -1.97. The zero-order chi connectivity index (χ0) is 9.97. The van der Waals surface area contributed by atoms with Crippen molar-refractivity contribution in [2.75, 3.05) is 0 Å². The average Bonchev–Trinajstić information content (AvgIpc) is 2.67. The highest BCUT2D eigenvalue weighted by molar-refractivity contribution is 5.94. The number of nitrogens with zero attached hydrogens (tertiary/aromatic N) is 2. The van der Waals surface area contributed by atoms with Gasteiger partial charge in [0.2, 0.25) is 0 Å². The van der Waals surface area contributed by atoms with Gasteiger partial charge >= 0.3 is 5.97 Å². The van der Waals surface area contributed by atoms with Crippen molar-refractivity contribution in [1.82, 2.24) is 15.0 Å². The third kappa shape index (κ3) is 1.35. The molecule has 5 heteroatoms. The Labute approximate surface area is 79.5 Å². The summed E-state index contributed by atoms with van der Waals surface area (Å²) in [5.41, 5.74) is 1.28. The van der Waals surface area contributed by atoms with Crippen molar-refractivity contribution in [2.45, 2.75) is 0 Å². The highest BCUT2D eigenvalue weighted by atomic mass is 16.4. The molecule has 0 saturated heterocycles. The predicted molar refractivity (Wildman–Crippen MR) is 48.8 cm³/mol. The predicted octanol–water partition coefficient (Wildman–Crippen LogP) is 1.17. The van der Waals surface area contributed by atoms with Crippen molar-refractivity contribution < 1.29 is 9.90 Å². The quantitative estimate of drug-likeness (QED) is 0.743. The van der Waals surface area contributed by atoms with Crippen LogP contribution in [0.3, 0.4) is 0 Å². The molecule has 2 N–H and O–H groups in total. The number of nitrogens with one attached hydrogen (secondary N) is 1. The molecule has 0 spiro atoms. The van der Waals surface area contributed by atoms with E-state index in [1.54, 1.807) is 18.5 Å². The summed E-state index contributed by atoms with van der Waals surface area (Å²) in [4.78, 5) is 21.3. The number of hydrogen-bond donors (Lipinski definition) is 2. The number of rotatable bonds is 2. The highest BCUT2D eigenvalue weighted by Gasteiger charge is 2.12. The van der Waals surface area contributed by atoms with Crippen LogP contribution in [0.15, 0.2) is 30.9 Å². The first-order valence-electron chi connectivity index (χ1n) is 3.96. The van der Waals surface area contributed by atoms with Gasteiger partial charge in [-0.05, 0) is 12.1 Å². The Balaban J connectivity index is 2.52. The van der Waals surface area contributed by atoms with E-state index in [0.29, 0.717) is 11.4 Å². The van der Waals surface area contributed by atoms with E-state index in [0.717, 1.165) is 0 Å². The number of aromatic nitrogens is 3. The number of carbonyl (C=O) groups is 1. The molecule has 0 aliphatic carbocycles. The number of H-pyrrole nitrogens is 1. The van der Waals surface area contributed by atoms with Gasteiger partial charge in [-0.1, -0.05) is 0 Å². The second kappa shape index (κ2) is 3.29. The smallest absolute Gasteiger partial charge is 0.337 e. The Morgan fingerprint density at radius 1 is 1.43 bits per heavy atom. The van der Waals surface area contributed by atoms with Crippen LogP contribution in [0.1, 0.15) is 10.4 Å². The fourth-order valence-corrected chi connectivity index (χ4v) is 1.20. The first kappa shape index (κ1) is 8.43. The molecule has 0 aromatic carbocycles. The second-order valence-corrected chi connectivity index (χ2v) is 2.67. The Kier molecular flexibility index (Phi) is 1.98. The summed E-state index contributed by atoms with van der Waals surface area (Å²) in [6.45, 7) is 0. The molecule has 2 aromatic rings. The third-order valence-corrected chi connectivity index (χ3v) is 1.82. The van der Waals surface area contributed by atoms with Crippen molar-refractivity contribution in [1.29, 1.82) is 0 Å². The van der Waals surface area contributed by atoms with E-state index >= 15 is 0 Å². The van der Waals surface area contributed by atoms with Crippen molar-refractivity contribution in [3.05, 3.63) is 36.4 Å². The van der Waals surface area contributed by atoms with E-state index in [4.69, 9.17) is 5.11 Å². The van der Waals surface area contributed by atoms with E-state index in [2.05, 4.69) is 15.0 Å². The van der Waals surface area contributed by atoms with Crippen LogP contribution in [0.2, 0.25) is 0 Å². The van der Waals surface area contributed by atoms with Gasteiger partial charge in [0.05, 0.1) is 17.0 Å². The van der Waals surface area contributed by atoms with Crippen LogP contribution in [0.25, 0.3) is 11.4 Å². The topological polar surface area (TPSA) is 78.9 Å². The number of carboxylic acid groups (broad SMARTS) is 1. The summed E-state index contributed by atoms with van der Waals surface area (Å²) >= 11 is 0. The van der Waals surface area contributed by atoms with Gasteiger partial charge in [0.25, 0.3) is 0 Å². The number of aromatic carboxylic acids is 1. The number of carboxylic acids is 1. The molecule has 0 unspecified atom stereocenters. The molecule has 0 aliphatic rings. The molecular weight excluding hydrogens is 182 g/mol. The first-order chi connectivity index (χ1) is 6.79. The number of hydrogen-bond acceptors (Lipinski definition) is 3. The normalized spacial score (nSPS) is 10.0. The fraction of sp³-hybridized carbons (Fsp3) is 0. The Morgan fingerprint density at radius 2 is 2.29 bits per heavy atom. The van der Waals surface area contributed by atoms with Crippen LogP contribution in [0, 0.1) is 0 Å². The van der Waals surface area contributed by atoms with Gasteiger partial charge in [0, 0.05) is 12.4 Å². The van der Waals surface area contributed by atoms with Crippen LogP contribution < -0.4 is 0 Å². The van der Waals surface area contributed by atoms with Crippen molar-refractivity contribution in [2.24, 2.45) is 0 Å². The monoisotopic (exact) mass is 189 g/mol. The first-order valence-corrected chi connectivity index (χ1v) is 3.96. The lowest BCUT2D eigenvalue weighted by molar-refractivity contribution is 0.0698. The summed E-state index contributed by atoms with van der Waals surface area (Å²) < 4.78 is 0. The van der Waals surface area contributed by atoms with Crippen molar-refractivity contribution in [3.8, 4) is 11.4 Å². The molecule has 2 aromatic heterocycles. The highest BCUT2D eigenvalue weighted by Crippen LogP contribution is 2.18. The molecule has 2 rings (SSSR count). The minimum Gasteiger partial charge on any atom is -0.478 e. The summed E-state index contributed by atoms with van der Waals surface area (Å²) in [5, 5.41) is 8.85. The molecule has 0 atom stereocenters. The molecule has 0 fully saturated rings. The van der Waals surface area contributed by atoms with Gasteiger partial charge in [-0.25, -0.2) is 14.8 Å². The van der Waals surface area contributed by atoms with E-state index < -0.39 is 5.97 Å². The lowest BCUT2D eigenvalue weighted by Gasteiger charge is -1.97. The Bertz CT molecular complexity index is 450. The Hall–Kier alpha value is -2.17. The van der Waals surface area contributed by atoms with Gasteiger partial charge in [0.1, 0.15) is 6.33 Å². The maximum absolute atomic E-state index is 10.8. The van der Waals surface area contributed by atoms with Crippen LogP contribution in [0.4, 0.5) is 0 Å². The minimum absolute atomic E-state index is 0.212. The van der Waals surface area contributed by atoms with Gasteiger partial charge in [-0.3, -0.25) is 0 Å². The maximum Gasteiger partial charge on any atom is 0.337 e. The molecule has 0 amide bonds. The van der Waals surface area contributed by atoms with Crippen LogP contribution >= 0.6 is 0 Å². The third-order valence-electron chi connectivity index (χ3n) is 1.82. The molecule has 0 saturated carbocycles. The fourth-order valence-electron chi connectivity index (χ4n) is 1.20. The maximum atomic E-state index is 10.8. The zero-order valence-electron chi connectivity index (χ0n) is 7.14. The summed E-state index contributed by atoms with van der Waals surface area (Å²) in [5.74, 6) is -0.972. The molecule has 0 radical (unpaired) electrons. The average molecular weight is 189 g/mol. The standard InChI is InChI=1S/C9H7N3O2/c13-9(14)6-1-4-11-8(6)7-2-3-10-5-12-7/h1-5,11H,(H,13,14). The Morgan fingerprint density at radius 3 is 2.93 bits per heavy atom. The zero-order valence-corrected chi connectivity index (χ0v) is 7.14. The molecule has 5 nitrogen and oxygen atoms in total. The van der Waals surface area contributed by atoms with Gasteiger partial charge in [-0.15, -0.1) is 0 Å². The van der Waals surface area contributed by atoms with Gasteiger partial charge < -0.3 is 10.1 Å². The van der Waals surface area contributed by atoms with Gasteiger partial charge in [-0.2, -0.15) is 0 Å². The van der Waals surface area contributed by atoms with Crippen LogP contribution in [-0.2, 0) is 0 Å². The van der Waals surface area contributed by atoms with E-state index in [-0.39, 0.29) is 5.56 Å². The summed E-state index contributed by atoms with van der Waals surface area (Å²) in [6, 6.07) is 3.15. The van der Waals surface area contributed by atoms with Crippen LogP contribution in [-0.4, -0.2) is 26.0 Å².